The molecule has 0 radical (unpaired) electrons. The molecule has 0 saturated heterocycles. The molecule has 1 rings (SSSR count). The predicted molar refractivity (Wildman–Crippen MR) is 69.9 cm³/mol. The number of rotatable bonds is 4. The molecule has 0 aliphatic rings. The van der Waals surface area contributed by atoms with Gasteiger partial charge in [-0.25, -0.2) is 0 Å². The smallest absolute Gasteiger partial charge is 0.416 e. The van der Waals surface area contributed by atoms with E-state index < -0.39 is 22.9 Å². The van der Waals surface area contributed by atoms with Gasteiger partial charge in [-0.1, -0.05) is 12.2 Å². The maximum atomic E-state index is 12.4. The number of allylic oxidation sites excluding steroid dienone is 1. The van der Waals surface area contributed by atoms with Crippen LogP contribution in [0.15, 0.2) is 39.7 Å². The van der Waals surface area contributed by atoms with Crippen LogP contribution < -0.4 is 0 Å². The summed E-state index contributed by atoms with van der Waals surface area (Å²) in [6.07, 6.45) is -3.81. The van der Waals surface area contributed by atoms with Crippen LogP contribution in [0.5, 0.6) is 0 Å². The van der Waals surface area contributed by atoms with Crippen molar-refractivity contribution in [1.29, 1.82) is 0 Å². The van der Waals surface area contributed by atoms with Crippen LogP contribution in [0.2, 0.25) is 0 Å². The number of hydrogen-bond donors (Lipinski definition) is 0. The Hall–Kier alpha value is -0.460. The van der Waals surface area contributed by atoms with E-state index in [9.17, 15) is 17.7 Å². The number of alkyl halides is 3. The van der Waals surface area contributed by atoms with Gasteiger partial charge in [0.05, 0.1) is 10.0 Å². The summed E-state index contributed by atoms with van der Waals surface area (Å²) < 4.78 is 49.4. The van der Waals surface area contributed by atoms with E-state index in [1.54, 1.807) is 0 Å². The monoisotopic (exact) mass is 340 g/mol. The van der Waals surface area contributed by atoms with Gasteiger partial charge in [0.2, 0.25) is 0 Å². The summed E-state index contributed by atoms with van der Waals surface area (Å²) >= 11 is 1.71. The summed E-state index contributed by atoms with van der Waals surface area (Å²) in [5.41, 5.74) is 0.140. The van der Waals surface area contributed by atoms with Crippen LogP contribution in [0, 0.1) is 0 Å². The molecule has 1 aromatic rings. The van der Waals surface area contributed by atoms with Crippen molar-refractivity contribution in [2.45, 2.75) is 24.4 Å². The molecule has 1 atom stereocenters. The van der Waals surface area contributed by atoms with Crippen molar-refractivity contribution < 1.29 is 17.7 Å². The summed E-state index contributed by atoms with van der Waals surface area (Å²) in [5, 5.41) is 0. The fourth-order valence-electron chi connectivity index (χ4n) is 1.24. The lowest BCUT2D eigenvalue weighted by molar-refractivity contribution is -0.137. The maximum absolute atomic E-state index is 12.4. The first-order valence-corrected chi connectivity index (χ1v) is 7.22. The van der Waals surface area contributed by atoms with Crippen molar-refractivity contribution in [3.63, 3.8) is 0 Å². The second-order valence-corrected chi connectivity index (χ2v) is 6.29. The minimum atomic E-state index is -4.39. The molecule has 0 amide bonds. The summed E-state index contributed by atoms with van der Waals surface area (Å²) in [4.78, 5) is 0.379. The standard InChI is InChI=1S/C12H12BrF3OS/c1-8(2)5-6-18(17)11-4-3-9(7-10(11)13)12(14,15)16/h3-4,7H,1,5-6H2,2H3. The molecule has 0 N–H and O–H groups in total. The maximum Gasteiger partial charge on any atom is 0.416 e. The molecule has 0 aromatic heterocycles. The predicted octanol–water partition coefficient (Wildman–Crippen LogP) is 4.54. The minimum absolute atomic E-state index is 0.220. The molecule has 1 unspecified atom stereocenters. The summed E-state index contributed by atoms with van der Waals surface area (Å²) in [6.45, 7) is 5.51. The Morgan fingerprint density at radius 3 is 2.50 bits per heavy atom. The SMILES string of the molecule is C=C(C)CC[S+]([O-])c1ccc(C(F)(F)F)cc1Br. The second-order valence-electron chi connectivity index (χ2n) is 3.90. The van der Waals surface area contributed by atoms with Crippen LogP contribution in [0.25, 0.3) is 0 Å². The normalized spacial score (nSPS) is 13.4. The average Bonchev–Trinajstić information content (AvgIpc) is 2.24. The first-order chi connectivity index (χ1) is 8.21. The zero-order valence-corrected chi connectivity index (χ0v) is 12.1. The van der Waals surface area contributed by atoms with Crippen molar-refractivity contribution in [3.8, 4) is 0 Å². The topological polar surface area (TPSA) is 23.1 Å². The van der Waals surface area contributed by atoms with Crippen LogP contribution >= 0.6 is 15.9 Å². The van der Waals surface area contributed by atoms with Gasteiger partial charge in [0.25, 0.3) is 0 Å². The Balaban J connectivity index is 2.88. The molecule has 0 fully saturated rings. The molecule has 0 saturated carbocycles. The third kappa shape index (κ3) is 4.33. The van der Waals surface area contributed by atoms with Crippen LogP contribution in [0.4, 0.5) is 13.2 Å². The van der Waals surface area contributed by atoms with E-state index in [1.807, 2.05) is 6.92 Å². The van der Waals surface area contributed by atoms with E-state index in [0.29, 0.717) is 17.1 Å². The number of benzene rings is 1. The summed E-state index contributed by atoms with van der Waals surface area (Å²) in [6, 6.07) is 3.15. The van der Waals surface area contributed by atoms with Crippen LogP contribution in [0.1, 0.15) is 18.9 Å². The van der Waals surface area contributed by atoms with Gasteiger partial charge in [0, 0.05) is 6.42 Å². The Morgan fingerprint density at radius 1 is 1.44 bits per heavy atom. The van der Waals surface area contributed by atoms with E-state index in [1.165, 1.54) is 6.07 Å². The molecule has 1 nitrogen and oxygen atoms in total. The third-order valence-electron chi connectivity index (χ3n) is 2.22. The zero-order chi connectivity index (χ0) is 13.9. The highest BCUT2D eigenvalue weighted by molar-refractivity contribution is 9.10. The fourth-order valence-corrected chi connectivity index (χ4v) is 3.41. The van der Waals surface area contributed by atoms with E-state index in [2.05, 4.69) is 22.5 Å². The molecule has 0 aliphatic carbocycles. The largest absolute Gasteiger partial charge is 0.611 e. The Bertz CT molecular complexity index is 445. The lowest BCUT2D eigenvalue weighted by Gasteiger charge is -2.13. The Morgan fingerprint density at radius 2 is 2.06 bits per heavy atom. The molecule has 0 aliphatic heterocycles. The average molecular weight is 341 g/mol. The van der Waals surface area contributed by atoms with Crippen molar-refractivity contribution in [2.24, 2.45) is 0 Å². The molecule has 0 heterocycles. The highest BCUT2D eigenvalue weighted by Gasteiger charge is 2.31. The molecule has 0 spiro atoms. The Kier molecular flexibility index (Phi) is 5.31. The van der Waals surface area contributed by atoms with Crippen LogP contribution in [-0.2, 0) is 17.4 Å². The first kappa shape index (κ1) is 15.6. The van der Waals surface area contributed by atoms with Gasteiger partial charge >= 0.3 is 6.18 Å². The molecule has 100 valence electrons. The molecular formula is C12H12BrF3OS. The molecule has 18 heavy (non-hydrogen) atoms. The highest BCUT2D eigenvalue weighted by atomic mass is 79.9. The summed E-state index contributed by atoms with van der Waals surface area (Å²) in [5.74, 6) is 0.360. The highest BCUT2D eigenvalue weighted by Crippen LogP contribution is 2.33. The van der Waals surface area contributed by atoms with Gasteiger partial charge in [-0.2, -0.15) is 13.2 Å². The van der Waals surface area contributed by atoms with Crippen molar-refractivity contribution >= 4 is 27.1 Å². The van der Waals surface area contributed by atoms with Crippen molar-refractivity contribution in [2.75, 3.05) is 5.75 Å². The van der Waals surface area contributed by atoms with Gasteiger partial charge in [0.1, 0.15) is 5.75 Å². The quantitative estimate of drug-likeness (QED) is 0.582. The van der Waals surface area contributed by atoms with Crippen molar-refractivity contribution in [1.82, 2.24) is 0 Å². The van der Waals surface area contributed by atoms with E-state index in [-0.39, 0.29) is 4.47 Å². The van der Waals surface area contributed by atoms with Gasteiger partial charge in [-0.3, -0.25) is 0 Å². The van der Waals surface area contributed by atoms with Crippen molar-refractivity contribution in [3.05, 3.63) is 40.4 Å². The molecule has 0 bridgehead atoms. The van der Waals surface area contributed by atoms with Crippen LogP contribution in [-0.4, -0.2) is 10.3 Å². The minimum Gasteiger partial charge on any atom is -0.611 e. The number of halogens is 4. The third-order valence-corrected chi connectivity index (χ3v) is 4.56. The van der Waals surface area contributed by atoms with Gasteiger partial charge in [0.15, 0.2) is 4.90 Å². The fraction of sp³-hybridized carbons (Fsp3) is 0.333. The second kappa shape index (κ2) is 6.12. The number of hydrogen-bond acceptors (Lipinski definition) is 1. The van der Waals surface area contributed by atoms with Crippen LogP contribution in [0.3, 0.4) is 0 Å². The van der Waals surface area contributed by atoms with Gasteiger partial charge in [-0.05, 0) is 52.2 Å². The van der Waals surface area contributed by atoms with E-state index >= 15 is 0 Å². The first-order valence-electron chi connectivity index (χ1n) is 5.11. The molecular weight excluding hydrogens is 329 g/mol. The zero-order valence-electron chi connectivity index (χ0n) is 9.68. The summed E-state index contributed by atoms with van der Waals surface area (Å²) in [7, 11) is 0. The lowest BCUT2D eigenvalue weighted by Crippen LogP contribution is -2.10. The van der Waals surface area contributed by atoms with E-state index in [0.717, 1.165) is 17.7 Å². The lowest BCUT2D eigenvalue weighted by atomic mass is 10.2. The van der Waals surface area contributed by atoms with E-state index in [4.69, 9.17) is 0 Å². The molecule has 6 heteroatoms. The molecule has 1 aromatic carbocycles. The van der Waals surface area contributed by atoms with Gasteiger partial charge < -0.3 is 4.55 Å². The Labute approximate surface area is 115 Å². The van der Waals surface area contributed by atoms with Gasteiger partial charge in [-0.15, -0.1) is 0 Å².